The van der Waals surface area contributed by atoms with Crippen LogP contribution in [0.15, 0.2) is 48.1 Å². The molecule has 1 aliphatic carbocycles. The largest absolute Gasteiger partial charge is 0.294 e. The molecule has 3 N–H and O–H groups in total. The molecule has 0 amide bonds. The fraction of sp³-hybridized carbons (Fsp3) is 0.375. The van der Waals surface area contributed by atoms with E-state index in [0.717, 1.165) is 12.0 Å². The lowest BCUT2D eigenvalue weighted by Crippen LogP contribution is -2.23. The maximum absolute atomic E-state index is 12.2. The maximum Gasteiger partial charge on any atom is 0.196 e. The Balaban J connectivity index is 0.00000110. The van der Waals surface area contributed by atoms with Gasteiger partial charge in [0.1, 0.15) is 0 Å². The zero-order chi connectivity index (χ0) is 15.7. The van der Waals surface area contributed by atoms with Crippen molar-refractivity contribution in [2.75, 3.05) is 7.05 Å². The molecule has 4 nitrogen and oxygen atoms in total. The van der Waals surface area contributed by atoms with E-state index >= 15 is 0 Å². The smallest absolute Gasteiger partial charge is 0.196 e. The second-order valence-electron chi connectivity index (χ2n) is 4.77. The minimum Gasteiger partial charge on any atom is -0.294 e. The van der Waals surface area contributed by atoms with Crippen LogP contribution < -0.4 is 11.3 Å². The number of ketones is 2. The summed E-state index contributed by atoms with van der Waals surface area (Å²) in [6, 6.07) is 0. The molecule has 1 atom stereocenters. The minimum absolute atomic E-state index is 0.0527. The molecular formula is C16H24N2O2. The lowest BCUT2D eigenvalue weighted by atomic mass is 9.81. The third-order valence-electron chi connectivity index (χ3n) is 2.90. The van der Waals surface area contributed by atoms with E-state index in [1.165, 1.54) is 12.2 Å². The molecule has 0 heterocycles. The molecule has 0 saturated carbocycles. The molecule has 20 heavy (non-hydrogen) atoms. The van der Waals surface area contributed by atoms with Gasteiger partial charge in [0.2, 0.25) is 0 Å². The van der Waals surface area contributed by atoms with Gasteiger partial charge in [0.05, 0.1) is 5.57 Å². The van der Waals surface area contributed by atoms with Gasteiger partial charge in [-0.05, 0) is 26.3 Å². The third-order valence-corrected chi connectivity index (χ3v) is 2.90. The van der Waals surface area contributed by atoms with Gasteiger partial charge in [0.25, 0.3) is 0 Å². The summed E-state index contributed by atoms with van der Waals surface area (Å²) in [7, 11) is 1.65. The Bertz CT molecular complexity index is 459. The molecular weight excluding hydrogens is 252 g/mol. The van der Waals surface area contributed by atoms with Crippen molar-refractivity contribution in [3.8, 4) is 0 Å². The van der Waals surface area contributed by atoms with E-state index in [2.05, 4.69) is 24.4 Å². The number of allylic oxidation sites excluding steroid dienone is 6. The fourth-order valence-corrected chi connectivity index (χ4v) is 2.18. The molecule has 1 aliphatic rings. The first-order valence-electron chi connectivity index (χ1n) is 6.53. The van der Waals surface area contributed by atoms with Crippen molar-refractivity contribution in [3.05, 3.63) is 48.1 Å². The second kappa shape index (κ2) is 9.18. The second-order valence-corrected chi connectivity index (χ2v) is 4.77. The predicted molar refractivity (Wildman–Crippen MR) is 82.8 cm³/mol. The number of rotatable bonds is 4. The predicted octanol–water partition coefficient (Wildman–Crippen LogP) is 2.25. The maximum atomic E-state index is 12.2. The van der Waals surface area contributed by atoms with Gasteiger partial charge in [-0.1, -0.05) is 43.9 Å². The van der Waals surface area contributed by atoms with Gasteiger partial charge in [-0.3, -0.25) is 20.9 Å². The standard InChI is InChI=1S/C15H18O2.CH6N2/c1-5-7-12(6-2)15(17)14-11(4)8-10(3)9-13(14)16;1-3-2/h5-7,10H,1-2,8-9H2,3-4H3;3H,2H2,1H3/b12-7+;. The van der Waals surface area contributed by atoms with E-state index in [9.17, 15) is 9.59 Å². The van der Waals surface area contributed by atoms with Crippen molar-refractivity contribution in [2.24, 2.45) is 11.8 Å². The summed E-state index contributed by atoms with van der Waals surface area (Å²) in [4.78, 5) is 24.1. The number of hydrogen-bond donors (Lipinski definition) is 2. The molecule has 0 fully saturated rings. The Hall–Kier alpha value is -1.78. The molecule has 1 unspecified atom stereocenters. The minimum atomic E-state index is -0.227. The summed E-state index contributed by atoms with van der Waals surface area (Å²) in [6.45, 7) is 11.0. The lowest BCUT2D eigenvalue weighted by Gasteiger charge is -2.21. The zero-order valence-corrected chi connectivity index (χ0v) is 12.5. The van der Waals surface area contributed by atoms with E-state index in [1.54, 1.807) is 13.1 Å². The van der Waals surface area contributed by atoms with Gasteiger partial charge in [0, 0.05) is 12.0 Å². The zero-order valence-electron chi connectivity index (χ0n) is 12.5. The van der Waals surface area contributed by atoms with Gasteiger partial charge in [-0.2, -0.15) is 0 Å². The Morgan fingerprint density at radius 1 is 1.40 bits per heavy atom. The topological polar surface area (TPSA) is 72.2 Å². The molecule has 0 aliphatic heterocycles. The summed E-state index contributed by atoms with van der Waals surface area (Å²) in [5.41, 5.74) is 3.91. The van der Waals surface area contributed by atoms with Crippen LogP contribution in [0.2, 0.25) is 0 Å². The first kappa shape index (κ1) is 18.2. The van der Waals surface area contributed by atoms with Gasteiger partial charge < -0.3 is 0 Å². The van der Waals surface area contributed by atoms with Gasteiger partial charge in [0.15, 0.2) is 11.6 Å². The monoisotopic (exact) mass is 276 g/mol. The Labute approximate surface area is 121 Å². The third kappa shape index (κ3) is 5.07. The molecule has 0 aromatic heterocycles. The van der Waals surface area contributed by atoms with Gasteiger partial charge >= 0.3 is 0 Å². The number of nitrogens with one attached hydrogen (secondary N) is 1. The van der Waals surface area contributed by atoms with Crippen LogP contribution in [0.5, 0.6) is 0 Å². The van der Waals surface area contributed by atoms with Crippen LogP contribution in [0.1, 0.15) is 26.7 Å². The van der Waals surface area contributed by atoms with Crippen molar-refractivity contribution in [2.45, 2.75) is 26.7 Å². The van der Waals surface area contributed by atoms with Crippen LogP contribution >= 0.6 is 0 Å². The highest BCUT2D eigenvalue weighted by Crippen LogP contribution is 2.28. The molecule has 110 valence electrons. The first-order chi connectivity index (χ1) is 9.42. The first-order valence-corrected chi connectivity index (χ1v) is 6.53. The van der Waals surface area contributed by atoms with E-state index in [0.29, 0.717) is 23.5 Å². The van der Waals surface area contributed by atoms with E-state index in [1.807, 2.05) is 13.8 Å². The number of carbonyl (C=O) groups excluding carboxylic acids is 2. The summed E-state index contributed by atoms with van der Waals surface area (Å²) in [6.07, 6.45) is 5.85. The fourth-order valence-electron chi connectivity index (χ4n) is 2.18. The quantitative estimate of drug-likeness (QED) is 0.271. The van der Waals surface area contributed by atoms with Gasteiger partial charge in [-0.25, -0.2) is 0 Å². The Kier molecular flexibility index (Phi) is 8.36. The lowest BCUT2D eigenvalue weighted by molar-refractivity contribution is -0.120. The average molecular weight is 276 g/mol. The Morgan fingerprint density at radius 3 is 2.35 bits per heavy atom. The molecule has 0 bridgehead atoms. The average Bonchev–Trinajstić information content (AvgIpc) is 2.35. The van der Waals surface area contributed by atoms with Crippen LogP contribution in [-0.4, -0.2) is 18.6 Å². The van der Waals surface area contributed by atoms with Crippen molar-refractivity contribution in [1.82, 2.24) is 5.43 Å². The molecule has 0 radical (unpaired) electrons. The van der Waals surface area contributed by atoms with Crippen molar-refractivity contribution in [3.63, 3.8) is 0 Å². The van der Waals surface area contributed by atoms with E-state index in [-0.39, 0.29) is 11.6 Å². The number of hydrogen-bond acceptors (Lipinski definition) is 4. The summed E-state index contributed by atoms with van der Waals surface area (Å²) >= 11 is 0. The molecule has 0 aromatic rings. The van der Waals surface area contributed by atoms with Crippen LogP contribution in [0.3, 0.4) is 0 Å². The number of hydrazine groups is 1. The van der Waals surface area contributed by atoms with Crippen LogP contribution in [0, 0.1) is 5.92 Å². The van der Waals surface area contributed by atoms with Gasteiger partial charge in [-0.15, -0.1) is 0 Å². The number of Topliss-reactive ketones (excluding diaryl/α,β-unsaturated/α-hetero) is 2. The van der Waals surface area contributed by atoms with Crippen molar-refractivity contribution in [1.29, 1.82) is 0 Å². The molecule has 0 aromatic carbocycles. The van der Waals surface area contributed by atoms with Crippen molar-refractivity contribution < 1.29 is 9.59 Å². The van der Waals surface area contributed by atoms with Crippen LogP contribution in [0.4, 0.5) is 0 Å². The SMILES string of the molecule is C=C/C=C(\C=C)C(=O)C1=C(C)CC(C)CC1=O.CNN. The summed E-state index contributed by atoms with van der Waals surface area (Å²) in [5, 5.41) is 0. The summed E-state index contributed by atoms with van der Waals surface area (Å²) in [5.74, 6) is 4.65. The molecule has 1 rings (SSSR count). The number of nitrogens with two attached hydrogens (primary N) is 1. The van der Waals surface area contributed by atoms with E-state index in [4.69, 9.17) is 0 Å². The highest BCUT2D eigenvalue weighted by molar-refractivity contribution is 6.27. The van der Waals surface area contributed by atoms with Crippen molar-refractivity contribution >= 4 is 11.6 Å². The van der Waals surface area contributed by atoms with Crippen LogP contribution in [-0.2, 0) is 9.59 Å². The Morgan fingerprint density at radius 2 is 1.95 bits per heavy atom. The molecule has 0 saturated heterocycles. The highest BCUT2D eigenvalue weighted by Gasteiger charge is 2.28. The van der Waals surface area contributed by atoms with E-state index < -0.39 is 0 Å². The number of carbonyl (C=O) groups is 2. The molecule has 4 heteroatoms. The molecule has 0 spiro atoms. The van der Waals surface area contributed by atoms with Crippen LogP contribution in [0.25, 0.3) is 0 Å². The highest BCUT2D eigenvalue weighted by atomic mass is 16.1. The summed E-state index contributed by atoms with van der Waals surface area (Å²) < 4.78 is 0. The normalized spacial score (nSPS) is 19.1.